The minimum absolute atomic E-state index is 0.121. The largest absolute Gasteiger partial charge is 0.496 e. The second-order valence-corrected chi connectivity index (χ2v) is 5.59. The van der Waals surface area contributed by atoms with Crippen LogP contribution in [0.15, 0.2) is 29.0 Å². The molecule has 86 valence electrons. The van der Waals surface area contributed by atoms with Gasteiger partial charge in [-0.15, -0.1) is 22.7 Å². The third kappa shape index (κ3) is 2.84. The Kier molecular flexibility index (Phi) is 3.98. The van der Waals surface area contributed by atoms with Crippen LogP contribution in [0.2, 0.25) is 0 Å². The summed E-state index contributed by atoms with van der Waals surface area (Å²) in [6, 6.07) is 6.39. The zero-order valence-electron chi connectivity index (χ0n) is 9.18. The first-order valence-corrected chi connectivity index (χ1v) is 6.96. The molecular weight excluding hydrogens is 238 g/mol. The molecule has 4 heteroatoms. The number of rotatable bonds is 5. The lowest BCUT2D eigenvalue weighted by atomic mass is 10.1. The minimum Gasteiger partial charge on any atom is -0.496 e. The highest BCUT2D eigenvalue weighted by Gasteiger charge is 2.09. The van der Waals surface area contributed by atoms with Crippen LogP contribution in [0.25, 0.3) is 0 Å². The molecular formula is C12H15NOS2. The van der Waals surface area contributed by atoms with Crippen molar-refractivity contribution in [3.63, 3.8) is 0 Å². The van der Waals surface area contributed by atoms with Crippen LogP contribution in [0.1, 0.15) is 22.2 Å². The van der Waals surface area contributed by atoms with Crippen LogP contribution in [-0.2, 0) is 6.42 Å². The van der Waals surface area contributed by atoms with E-state index in [-0.39, 0.29) is 6.04 Å². The number of hydrogen-bond acceptors (Lipinski definition) is 4. The maximum absolute atomic E-state index is 6.14. The van der Waals surface area contributed by atoms with E-state index >= 15 is 0 Å². The topological polar surface area (TPSA) is 35.2 Å². The van der Waals surface area contributed by atoms with Gasteiger partial charge in [0, 0.05) is 21.2 Å². The summed E-state index contributed by atoms with van der Waals surface area (Å²) in [6.45, 7) is 0. The van der Waals surface area contributed by atoms with Crippen molar-refractivity contribution in [1.29, 1.82) is 0 Å². The Balaban J connectivity index is 1.90. The summed E-state index contributed by atoms with van der Waals surface area (Å²) in [7, 11) is 1.68. The average Bonchev–Trinajstić information content (AvgIpc) is 2.96. The van der Waals surface area contributed by atoms with Gasteiger partial charge in [-0.3, -0.25) is 0 Å². The molecule has 0 bridgehead atoms. The van der Waals surface area contributed by atoms with E-state index in [0.717, 1.165) is 18.6 Å². The molecule has 0 spiro atoms. The molecule has 0 saturated carbocycles. The van der Waals surface area contributed by atoms with Gasteiger partial charge in [-0.1, -0.05) is 6.07 Å². The van der Waals surface area contributed by atoms with Crippen LogP contribution >= 0.6 is 22.7 Å². The van der Waals surface area contributed by atoms with Crippen molar-refractivity contribution >= 4 is 22.7 Å². The minimum atomic E-state index is 0.121. The van der Waals surface area contributed by atoms with Crippen LogP contribution in [0.4, 0.5) is 0 Å². The summed E-state index contributed by atoms with van der Waals surface area (Å²) in [5.74, 6) is 0.909. The molecule has 0 aliphatic rings. The Morgan fingerprint density at radius 1 is 1.44 bits per heavy atom. The Bertz CT molecular complexity index is 422. The molecule has 0 saturated heterocycles. The highest BCUT2D eigenvalue weighted by atomic mass is 32.1. The fraction of sp³-hybridized carbons (Fsp3) is 0.333. The molecule has 0 aliphatic heterocycles. The Labute approximate surface area is 104 Å². The van der Waals surface area contributed by atoms with E-state index in [2.05, 4.69) is 17.5 Å². The van der Waals surface area contributed by atoms with E-state index in [9.17, 15) is 0 Å². The molecule has 2 heterocycles. The molecule has 0 aliphatic carbocycles. The summed E-state index contributed by atoms with van der Waals surface area (Å²) < 4.78 is 5.15. The lowest BCUT2D eigenvalue weighted by Crippen LogP contribution is -2.09. The van der Waals surface area contributed by atoms with E-state index in [1.807, 2.05) is 11.4 Å². The molecule has 2 nitrogen and oxygen atoms in total. The van der Waals surface area contributed by atoms with E-state index < -0.39 is 0 Å². The first kappa shape index (κ1) is 11.6. The molecule has 2 rings (SSSR count). The zero-order valence-corrected chi connectivity index (χ0v) is 10.8. The van der Waals surface area contributed by atoms with Gasteiger partial charge >= 0.3 is 0 Å². The van der Waals surface area contributed by atoms with Gasteiger partial charge in [0.1, 0.15) is 5.75 Å². The van der Waals surface area contributed by atoms with Crippen molar-refractivity contribution in [3.8, 4) is 5.75 Å². The number of thiophene rings is 2. The van der Waals surface area contributed by atoms with Crippen molar-refractivity contribution in [3.05, 3.63) is 38.7 Å². The average molecular weight is 253 g/mol. The van der Waals surface area contributed by atoms with Crippen LogP contribution in [-0.4, -0.2) is 7.11 Å². The van der Waals surface area contributed by atoms with Crippen molar-refractivity contribution < 1.29 is 4.74 Å². The van der Waals surface area contributed by atoms with Crippen LogP contribution in [0.5, 0.6) is 5.75 Å². The summed E-state index contributed by atoms with van der Waals surface area (Å²) in [6.07, 6.45) is 2.04. The first-order valence-electron chi connectivity index (χ1n) is 5.20. The number of nitrogens with two attached hydrogens (primary N) is 1. The molecule has 2 N–H and O–H groups in total. The summed E-state index contributed by atoms with van der Waals surface area (Å²) in [5.41, 5.74) is 6.14. The number of ether oxygens (including phenoxy) is 1. The molecule has 0 radical (unpaired) electrons. The van der Waals surface area contributed by atoms with Gasteiger partial charge in [-0.2, -0.15) is 0 Å². The standard InChI is InChI=1S/C12H15NOS2/c1-14-9-7-12(16-8-9)11(13)5-4-10-3-2-6-15-10/h2-3,6-8,11H,4-5,13H2,1H3. The first-order chi connectivity index (χ1) is 7.79. The highest BCUT2D eigenvalue weighted by Crippen LogP contribution is 2.28. The third-order valence-electron chi connectivity index (χ3n) is 2.48. The lowest BCUT2D eigenvalue weighted by molar-refractivity contribution is 0.416. The molecule has 16 heavy (non-hydrogen) atoms. The van der Waals surface area contributed by atoms with Crippen molar-refractivity contribution in [2.24, 2.45) is 5.73 Å². The lowest BCUT2D eigenvalue weighted by Gasteiger charge is -2.07. The predicted molar refractivity (Wildman–Crippen MR) is 70.4 cm³/mol. The van der Waals surface area contributed by atoms with Gasteiger partial charge < -0.3 is 10.5 Å². The quantitative estimate of drug-likeness (QED) is 0.885. The van der Waals surface area contributed by atoms with Crippen molar-refractivity contribution in [1.82, 2.24) is 0 Å². The molecule has 1 atom stereocenters. The second kappa shape index (κ2) is 5.48. The molecule has 2 aromatic rings. The van der Waals surface area contributed by atoms with Gasteiger partial charge in [-0.25, -0.2) is 0 Å². The second-order valence-electron chi connectivity index (χ2n) is 3.61. The third-order valence-corrected chi connectivity index (χ3v) is 4.46. The maximum atomic E-state index is 6.14. The van der Waals surface area contributed by atoms with Gasteiger partial charge in [0.25, 0.3) is 0 Å². The summed E-state index contributed by atoms with van der Waals surface area (Å²) >= 11 is 3.47. The normalized spacial score (nSPS) is 12.6. The van der Waals surface area contributed by atoms with Gasteiger partial charge in [-0.05, 0) is 30.4 Å². The van der Waals surface area contributed by atoms with Crippen LogP contribution < -0.4 is 10.5 Å². The monoisotopic (exact) mass is 253 g/mol. The maximum Gasteiger partial charge on any atom is 0.129 e. The zero-order chi connectivity index (χ0) is 11.4. The Hall–Kier alpha value is -0.840. The SMILES string of the molecule is COc1csc(C(N)CCc2cccs2)c1. The number of aryl methyl sites for hydroxylation is 1. The Morgan fingerprint density at radius 3 is 2.94 bits per heavy atom. The predicted octanol–water partition coefficient (Wildman–Crippen LogP) is 3.45. The molecule has 0 aromatic carbocycles. The fourth-order valence-electron chi connectivity index (χ4n) is 1.53. The molecule has 1 unspecified atom stereocenters. The van der Waals surface area contributed by atoms with Crippen molar-refractivity contribution in [2.45, 2.75) is 18.9 Å². The van der Waals surface area contributed by atoms with Crippen molar-refractivity contribution in [2.75, 3.05) is 7.11 Å². The smallest absolute Gasteiger partial charge is 0.129 e. The van der Waals surface area contributed by atoms with E-state index in [4.69, 9.17) is 10.5 Å². The highest BCUT2D eigenvalue weighted by molar-refractivity contribution is 7.10. The van der Waals surface area contributed by atoms with Gasteiger partial charge in [0.2, 0.25) is 0 Å². The number of hydrogen-bond donors (Lipinski definition) is 1. The number of methoxy groups -OCH3 is 1. The molecule has 0 fully saturated rings. The summed E-state index contributed by atoms with van der Waals surface area (Å²) in [4.78, 5) is 2.60. The van der Waals surface area contributed by atoms with Gasteiger partial charge in [0.15, 0.2) is 0 Å². The van der Waals surface area contributed by atoms with Gasteiger partial charge in [0.05, 0.1) is 7.11 Å². The Morgan fingerprint density at radius 2 is 2.31 bits per heavy atom. The fourth-order valence-corrected chi connectivity index (χ4v) is 3.15. The molecule has 0 amide bonds. The van der Waals surface area contributed by atoms with E-state index in [1.165, 1.54) is 9.75 Å². The van der Waals surface area contributed by atoms with Crippen LogP contribution in [0.3, 0.4) is 0 Å². The van der Waals surface area contributed by atoms with Crippen LogP contribution in [0, 0.1) is 0 Å². The van der Waals surface area contributed by atoms with E-state index in [0.29, 0.717) is 0 Å². The van der Waals surface area contributed by atoms with E-state index in [1.54, 1.807) is 29.8 Å². The molecule has 2 aromatic heterocycles. The summed E-state index contributed by atoms with van der Waals surface area (Å²) in [5, 5.41) is 4.11.